The molecule has 2 fully saturated rings. The van der Waals surface area contributed by atoms with Gasteiger partial charge in [-0.25, -0.2) is 0 Å². The van der Waals surface area contributed by atoms with Gasteiger partial charge in [0.05, 0.1) is 36.6 Å². The summed E-state index contributed by atoms with van der Waals surface area (Å²) in [5, 5.41) is 15.2. The lowest BCUT2D eigenvalue weighted by atomic mass is 9.89. The Kier molecular flexibility index (Phi) is 24.1. The zero-order valence-electron chi connectivity index (χ0n) is 46.4. The number of ether oxygens (including phenoxy) is 2. The maximum Gasteiger partial charge on any atom is 0.253 e. The zero-order chi connectivity index (χ0) is 55.5. The van der Waals surface area contributed by atoms with Crippen molar-refractivity contribution in [1.82, 2.24) is 36.0 Å². The minimum atomic E-state index is -0.968. The number of methoxy groups -OCH3 is 2. The van der Waals surface area contributed by atoms with Crippen molar-refractivity contribution >= 4 is 52.9 Å². The largest absolute Gasteiger partial charge is 0.379 e. The Bertz CT molecular complexity index is 2280. The SMILES string of the molecule is CC[C@H](C)[C@@H]([C@@H](CC(=O)N1CCC[C@H]1[C@H](OC)[C@@H](C)C(=O)N[C@@H](Cc1ccccc1)C(=O)Nc1ccc(CNC(=O)CCCCCN2C(=O)C=CC2=O)cc1)OC)N(C)C(=O)[C@@H](NC(=O)CC1CC[C@H](NC)C1)C(C)C. The van der Waals surface area contributed by atoms with E-state index in [1.165, 1.54) is 24.2 Å². The van der Waals surface area contributed by atoms with Gasteiger partial charge in [-0.05, 0) is 93.0 Å². The highest BCUT2D eigenvalue weighted by molar-refractivity contribution is 6.12. The number of likely N-dealkylation sites (tertiary alicyclic amines) is 1. The molecule has 0 bridgehead atoms. The van der Waals surface area contributed by atoms with Crippen LogP contribution in [0.2, 0.25) is 0 Å². The number of rotatable bonds is 30. The van der Waals surface area contributed by atoms with Gasteiger partial charge in [0.1, 0.15) is 12.1 Å². The van der Waals surface area contributed by atoms with E-state index in [2.05, 4.69) is 26.6 Å². The topological polar surface area (TPSA) is 225 Å². The lowest BCUT2D eigenvalue weighted by molar-refractivity contribution is -0.147. The van der Waals surface area contributed by atoms with Crippen LogP contribution in [0.5, 0.6) is 0 Å². The number of likely N-dealkylation sites (N-methyl/N-ethyl adjacent to an activating group) is 1. The van der Waals surface area contributed by atoms with Crippen LogP contribution in [0.4, 0.5) is 5.69 Å². The first kappa shape index (κ1) is 60.9. The predicted octanol–water partition coefficient (Wildman–Crippen LogP) is 5.29. The van der Waals surface area contributed by atoms with E-state index < -0.39 is 54.1 Å². The molecular weight excluding hydrogens is 969 g/mol. The lowest BCUT2D eigenvalue weighted by Gasteiger charge is -2.41. The van der Waals surface area contributed by atoms with Crippen LogP contribution in [-0.2, 0) is 60.8 Å². The quantitative estimate of drug-likeness (QED) is 0.0499. The van der Waals surface area contributed by atoms with Gasteiger partial charge in [-0.15, -0.1) is 0 Å². The summed E-state index contributed by atoms with van der Waals surface area (Å²) in [5.74, 6) is -2.87. The van der Waals surface area contributed by atoms with Crippen molar-refractivity contribution in [2.45, 2.75) is 167 Å². The van der Waals surface area contributed by atoms with Crippen LogP contribution >= 0.6 is 0 Å². The highest BCUT2D eigenvalue weighted by atomic mass is 16.5. The Morgan fingerprint density at radius 2 is 1.50 bits per heavy atom. The molecule has 10 atom stereocenters. The lowest BCUT2D eigenvalue weighted by Crippen LogP contribution is -2.58. The Morgan fingerprint density at radius 3 is 2.12 bits per heavy atom. The third-order valence-electron chi connectivity index (χ3n) is 15.7. The van der Waals surface area contributed by atoms with Gasteiger partial charge < -0.3 is 45.9 Å². The van der Waals surface area contributed by atoms with Gasteiger partial charge >= 0.3 is 0 Å². The molecule has 5 rings (SSSR count). The Morgan fingerprint density at radius 1 is 0.803 bits per heavy atom. The molecule has 18 nitrogen and oxygen atoms in total. The van der Waals surface area contributed by atoms with E-state index in [0.29, 0.717) is 76.2 Å². The summed E-state index contributed by atoms with van der Waals surface area (Å²) in [4.78, 5) is 111. The number of nitrogens with zero attached hydrogens (tertiary/aromatic N) is 3. The summed E-state index contributed by atoms with van der Waals surface area (Å²) in [7, 11) is 6.76. The Hall–Kier alpha value is -5.98. The zero-order valence-corrected chi connectivity index (χ0v) is 46.4. The molecule has 2 aromatic rings. The number of carbonyl (C=O) groups excluding carboxylic acids is 8. The van der Waals surface area contributed by atoms with Crippen LogP contribution in [0, 0.1) is 23.7 Å². The minimum Gasteiger partial charge on any atom is -0.379 e. The molecule has 0 radical (unpaired) electrons. The second kappa shape index (κ2) is 30.1. The molecule has 5 N–H and O–H groups in total. The van der Waals surface area contributed by atoms with Crippen LogP contribution in [0.25, 0.3) is 0 Å². The van der Waals surface area contributed by atoms with Crippen LogP contribution in [0.15, 0.2) is 66.7 Å². The first-order valence-electron chi connectivity index (χ1n) is 27.5. The van der Waals surface area contributed by atoms with Crippen molar-refractivity contribution in [3.8, 4) is 0 Å². The summed E-state index contributed by atoms with van der Waals surface area (Å²) < 4.78 is 12.2. The molecule has 2 heterocycles. The molecule has 8 amide bonds. The summed E-state index contributed by atoms with van der Waals surface area (Å²) in [6.07, 6.45) is 8.86. The number of hydrogen-bond acceptors (Lipinski definition) is 11. The number of unbranched alkanes of at least 4 members (excludes halogenated alkanes) is 2. The molecule has 18 heteroatoms. The second-order valence-electron chi connectivity index (χ2n) is 21.4. The predicted molar refractivity (Wildman–Crippen MR) is 291 cm³/mol. The van der Waals surface area contributed by atoms with Gasteiger partial charge in [0, 0.05) is 84.0 Å². The molecule has 2 aliphatic heterocycles. The molecule has 76 heavy (non-hydrogen) atoms. The van der Waals surface area contributed by atoms with Crippen LogP contribution in [0.1, 0.15) is 123 Å². The molecule has 2 aromatic carbocycles. The van der Waals surface area contributed by atoms with Crippen molar-refractivity contribution in [1.29, 1.82) is 0 Å². The summed E-state index contributed by atoms with van der Waals surface area (Å²) in [6.45, 7) is 10.7. The van der Waals surface area contributed by atoms with E-state index in [9.17, 15) is 38.4 Å². The van der Waals surface area contributed by atoms with Crippen molar-refractivity contribution < 1.29 is 47.8 Å². The standard InChI is InChI=1S/C58H86N8O10/c1-10-38(4)54(64(7)58(74)53(37(2)3)63-49(68)34-42-24-27-44(32-42)59-6)47(75-8)35-52(71)65-31-17-20-46(65)55(76-9)39(5)56(72)62-45(33-40-18-13-11-14-19-40)57(73)61-43-25-22-41(23-26-43)36-60-48(67)21-15-12-16-30-66-50(69)28-29-51(66)70/h11,13-14,18-19,22-23,25-26,28-29,37-39,42,44-47,53-55,59H,10,12,15-17,20-21,24,27,30-36H2,1-9H3,(H,60,67)(H,61,73)(H,62,72)(H,63,68)/t38-,39+,42?,44-,45-,46-,47+,53-,54-,55+/m0/s1. The number of carbonyl (C=O) groups is 8. The Labute approximate surface area is 450 Å². The average molecular weight is 1060 g/mol. The van der Waals surface area contributed by atoms with Gasteiger partial charge in [-0.1, -0.05) is 89.9 Å². The molecule has 3 aliphatic rings. The number of benzene rings is 2. The second-order valence-corrected chi connectivity index (χ2v) is 21.4. The molecule has 0 spiro atoms. The number of imide groups is 1. The maximum absolute atomic E-state index is 14.5. The first-order chi connectivity index (χ1) is 36.4. The third-order valence-corrected chi connectivity index (χ3v) is 15.7. The molecule has 418 valence electrons. The van der Waals surface area contributed by atoms with Crippen LogP contribution < -0.4 is 26.6 Å². The van der Waals surface area contributed by atoms with E-state index in [0.717, 1.165) is 30.4 Å². The minimum absolute atomic E-state index is 0.0206. The number of anilines is 1. The molecular formula is C58H86N8O10. The summed E-state index contributed by atoms with van der Waals surface area (Å²) in [5.41, 5.74) is 2.17. The molecule has 0 aromatic heterocycles. The number of nitrogens with one attached hydrogen (secondary N) is 5. The van der Waals surface area contributed by atoms with E-state index in [-0.39, 0.29) is 72.6 Å². The van der Waals surface area contributed by atoms with Gasteiger partial charge in [-0.3, -0.25) is 43.3 Å². The van der Waals surface area contributed by atoms with Gasteiger partial charge in [0.15, 0.2) is 0 Å². The number of hydrogen-bond donors (Lipinski definition) is 5. The number of amides is 8. The fourth-order valence-electron chi connectivity index (χ4n) is 11.0. The van der Waals surface area contributed by atoms with Gasteiger partial charge in [-0.2, -0.15) is 0 Å². The smallest absolute Gasteiger partial charge is 0.253 e. The van der Waals surface area contributed by atoms with Crippen molar-refractivity contribution in [2.24, 2.45) is 23.7 Å². The molecule has 1 saturated heterocycles. The normalized spacial score (nSPS) is 20.2. The van der Waals surface area contributed by atoms with Crippen molar-refractivity contribution in [2.75, 3.05) is 46.7 Å². The van der Waals surface area contributed by atoms with E-state index in [1.807, 2.05) is 65.1 Å². The average Bonchev–Trinajstić information content (AvgIpc) is 4.17. The van der Waals surface area contributed by atoms with E-state index in [4.69, 9.17) is 9.47 Å². The molecule has 1 unspecified atom stereocenters. The van der Waals surface area contributed by atoms with Crippen LogP contribution in [-0.4, -0.2) is 146 Å². The van der Waals surface area contributed by atoms with E-state index in [1.54, 1.807) is 55.1 Å². The summed E-state index contributed by atoms with van der Waals surface area (Å²) in [6, 6.07) is 14.2. The monoisotopic (exact) mass is 1050 g/mol. The first-order valence-corrected chi connectivity index (χ1v) is 27.5. The van der Waals surface area contributed by atoms with Crippen LogP contribution in [0.3, 0.4) is 0 Å². The third kappa shape index (κ3) is 17.3. The fraction of sp³-hybridized carbons (Fsp3) is 0.621. The highest BCUT2D eigenvalue weighted by Gasteiger charge is 2.43. The Balaban J connectivity index is 1.18. The van der Waals surface area contributed by atoms with Crippen molar-refractivity contribution in [3.05, 3.63) is 77.9 Å². The van der Waals surface area contributed by atoms with E-state index >= 15 is 0 Å². The summed E-state index contributed by atoms with van der Waals surface area (Å²) >= 11 is 0. The fourth-order valence-corrected chi connectivity index (χ4v) is 11.0. The van der Waals surface area contributed by atoms with Gasteiger partial charge in [0.2, 0.25) is 35.4 Å². The highest BCUT2D eigenvalue weighted by Crippen LogP contribution is 2.31. The van der Waals surface area contributed by atoms with Gasteiger partial charge in [0.25, 0.3) is 11.8 Å². The maximum atomic E-state index is 14.5. The molecule has 1 saturated carbocycles. The van der Waals surface area contributed by atoms with Crippen molar-refractivity contribution in [3.63, 3.8) is 0 Å². The molecule has 1 aliphatic carbocycles.